The lowest BCUT2D eigenvalue weighted by Crippen LogP contribution is -2.71. The fraction of sp³-hybridized carbons (Fsp3) is 0.932. The average molecular weight is 2040 g/mol. The van der Waals surface area contributed by atoms with Crippen molar-refractivity contribution in [1.82, 2.24) is 21.3 Å². The van der Waals surface area contributed by atoms with E-state index in [1.807, 2.05) is 0 Å². The Morgan fingerprint density at radius 1 is 0.261 bits per heavy atom. The van der Waals surface area contributed by atoms with E-state index in [2.05, 4.69) is 25.5 Å². The summed E-state index contributed by atoms with van der Waals surface area (Å²) < 4.78 is 163. The molecule has 11 fully saturated rings. The van der Waals surface area contributed by atoms with Crippen LogP contribution < -0.4 is 21.3 Å². The molecule has 0 aromatic rings. The lowest BCUT2D eigenvalue weighted by Gasteiger charge is -2.52. The van der Waals surface area contributed by atoms with E-state index in [1.165, 1.54) is 6.92 Å². The highest BCUT2D eigenvalue weighted by Gasteiger charge is 2.64. The summed E-state index contributed by atoms with van der Waals surface area (Å²) in [6.07, 6.45) is -116. The number of carbonyl (C=O) groups excluding carboxylic acids is 4. The molecule has 34 N–H and O–H groups in total. The smallest absolute Gasteiger partial charge is 0.397 e. The molecule has 11 heterocycles. The van der Waals surface area contributed by atoms with Gasteiger partial charge in [0.05, 0.1) is 65.6 Å². The molecule has 11 rings (SSSR count). The van der Waals surface area contributed by atoms with E-state index in [4.69, 9.17) is 99.5 Å². The maximum Gasteiger partial charge on any atom is 0.397 e. The van der Waals surface area contributed by atoms with Gasteiger partial charge in [-0.3, -0.25) is 23.7 Å². The quantitative estimate of drug-likeness (QED) is 0.0259. The first kappa shape index (κ1) is 114. The molecule has 63 nitrogen and oxygen atoms in total. The molecule has 1 unspecified atom stereocenters. The van der Waals surface area contributed by atoms with Crippen molar-refractivity contribution in [3.05, 3.63) is 0 Å². The van der Waals surface area contributed by atoms with Gasteiger partial charge in [-0.25, -0.2) is 8.98 Å². The van der Waals surface area contributed by atoms with Gasteiger partial charge in [0.1, 0.15) is 256 Å². The van der Waals surface area contributed by atoms with Gasteiger partial charge in [0, 0.05) is 27.7 Å². The van der Waals surface area contributed by atoms with E-state index in [0.29, 0.717) is 0 Å². The van der Waals surface area contributed by atoms with E-state index in [-0.39, 0.29) is 0 Å². The van der Waals surface area contributed by atoms with Gasteiger partial charge in [-0.2, -0.15) is 8.42 Å². The third kappa shape index (κ3) is 25.4. The van der Waals surface area contributed by atoms with E-state index in [1.54, 1.807) is 0 Å². The predicted octanol–water partition coefficient (Wildman–Crippen LogP) is -23.5. The summed E-state index contributed by atoms with van der Waals surface area (Å²) in [7, 11) is -5.67. The molecule has 138 heavy (non-hydrogen) atoms. The van der Waals surface area contributed by atoms with Crippen LogP contribution in [0.1, 0.15) is 34.6 Å². The second-order valence-corrected chi connectivity index (χ2v) is 35.4. The monoisotopic (exact) mass is 2040 g/mol. The average Bonchev–Trinajstić information content (AvgIpc) is 0.755. The van der Waals surface area contributed by atoms with Gasteiger partial charge in [0.25, 0.3) is 0 Å². The summed E-state index contributed by atoms with van der Waals surface area (Å²) in [5, 5.41) is 337. The summed E-state index contributed by atoms with van der Waals surface area (Å²) in [6, 6.07) is -8.28. The number of aliphatic hydroxyl groups is 28. The van der Waals surface area contributed by atoms with Crippen molar-refractivity contribution in [2.75, 3.05) is 59.5 Å². The predicted molar refractivity (Wildman–Crippen MR) is 418 cm³/mol. The van der Waals surface area contributed by atoms with Crippen LogP contribution in [-0.2, 0) is 138 Å². The van der Waals surface area contributed by atoms with Crippen LogP contribution in [0.25, 0.3) is 0 Å². The van der Waals surface area contributed by atoms with Crippen LogP contribution >= 0.6 is 0 Å². The summed E-state index contributed by atoms with van der Waals surface area (Å²) >= 11 is 0. The summed E-state index contributed by atoms with van der Waals surface area (Å²) in [5.74, 6) is -6.21. The number of carboxylic acid groups (broad SMARTS) is 1. The molecular formula is C74H122N4O59S. The number of aliphatic carboxylic acids is 1. The standard InChI is InChI=1S/C74H122N4O59S/c1-15-33(90)43(100)46(103)68(118-15)116-13-27-55(40(97)29(64(112)119-27)75-16(2)86)128-66-31(77-18(4)88)41(98)54(25(11-84)125-66)130-72-52(109)60(56(131-65-30(76-17(3)87)39(96)34(91)20(6-79)120-65)28(127-72)14-117-69-49(106)57(37(94)23(9-82)121-69)132-70-47(104)44(101)35(92)21(7-80)122-70)134-74-62(45(102)36(93)22(8-81)124-74)136-67-32(78-19(5)89)42(99)53(26(12-85)126-67)129-71-50(107)58(38(95)24(10-83)123-71)133-73-51(108)59(137-138(113,114)115)48(105)61(135-73)63(110)111/h15,20-62,64-74,79-85,90-109,112H,6-14H2,1-5H3,(H,75,86)(H,76,87)(H,77,88)(H,78,89)(H,110,111)(H,113,114,115)/t15-,20+,21+,22+,23+,24+,25+,26+,27+,28+,29+,30+,31+,32+,33+,34+,35+,36+,37+,38-,39+,40+,41+,42+,43+,44-,45-,46-,47-,48-,49-,50+,51+,52-,53+,54+,55+,56+,57-,58-,59-,60+,61-,62-,64?,65-,66-,67-,68+,69-,70+,71-,72-,73+,74+/m0/s1. The number of aliphatic hydroxyl groups excluding tert-OH is 28. The fourth-order valence-electron chi connectivity index (χ4n) is 17.5. The minimum atomic E-state index is -5.67. The topological polar surface area (TPSA) is 978 Å². The molecule has 64 heteroatoms. The minimum Gasteiger partial charge on any atom is -0.479 e. The number of nitrogens with one attached hydrogen (secondary N) is 4. The lowest BCUT2D eigenvalue weighted by atomic mass is 9.93. The number of hydrogen-bond acceptors (Lipinski definition) is 57. The molecule has 11 aliphatic heterocycles. The Balaban J connectivity index is 0.979. The molecule has 798 valence electrons. The number of ether oxygens (including phenoxy) is 21. The van der Waals surface area contributed by atoms with Crippen LogP contribution in [-0.4, -0.2) is 588 Å². The van der Waals surface area contributed by atoms with E-state index < -0.39 is 437 Å². The van der Waals surface area contributed by atoms with Crippen LogP contribution in [0, 0.1) is 0 Å². The van der Waals surface area contributed by atoms with Gasteiger partial charge in [-0.05, 0) is 6.92 Å². The van der Waals surface area contributed by atoms with Crippen molar-refractivity contribution in [2.24, 2.45) is 0 Å². The van der Waals surface area contributed by atoms with Crippen LogP contribution in [0.3, 0.4) is 0 Å². The van der Waals surface area contributed by atoms with Crippen LogP contribution in [0.5, 0.6) is 0 Å². The zero-order chi connectivity index (χ0) is 102. The molecule has 0 aromatic carbocycles. The molecule has 0 aliphatic carbocycles. The molecule has 0 radical (unpaired) electrons. The maximum absolute atomic E-state index is 13.5. The van der Waals surface area contributed by atoms with E-state index in [9.17, 15) is 185 Å². The number of rotatable bonds is 36. The van der Waals surface area contributed by atoms with Gasteiger partial charge >= 0.3 is 16.4 Å². The second kappa shape index (κ2) is 48.7. The summed E-state index contributed by atoms with van der Waals surface area (Å²) in [6.45, 7) is -6.33. The SMILES string of the molecule is CC(=O)N[C@H]1[C@H](O[C@H]2[C@H](O)[C@@H](NC(C)=O)C(O)O[C@@H]2CO[C@@H]2O[C@@H](C)[C@@H](O)[C@@H](O)[C@@H]2O)O[C@H](CO)[C@@H](O[C@@H]2O[C@H](CO[C@H]3O[C@H](CO)[C@@H](O)[C@H](O[C@H]4O[C@H](CO)[C@@H](O)[C@H](O)[C@@H]4O)[C@@H]3O)[C@@H](O[C@@H]3O[C@H](CO)[C@@H](O)[C@H](O)[C@H]3NC(C)=O)[C@H](O[C@H]3O[C@H](CO)[C@@H](O)[C@H](O)[C@@H]3O[C@@H]3O[C@H](CO)[C@@H](O[C@@H]4O[C@H](CO)[C@H](O)[C@H](O[C@@H]5O[C@H](C(=O)O)[C@@H](O)[C@H](OS(=O)(=O)O)[C@H]5O)[C@H]4O)[C@H](O)[C@H]3NC(C)=O)[C@@H]2O)[C@@H]1O. The first-order chi connectivity index (χ1) is 65.0. The second-order valence-electron chi connectivity index (χ2n) is 34.3. The Morgan fingerprint density at radius 2 is 0.558 bits per heavy atom. The number of hydrogen-bond donors (Lipinski definition) is 34. The van der Waals surface area contributed by atoms with Crippen molar-refractivity contribution < 1.29 is 289 Å². The molecule has 11 aliphatic rings. The Hall–Kier alpha value is -4.74. The molecule has 11 saturated heterocycles. The lowest BCUT2D eigenvalue weighted by molar-refractivity contribution is -0.409. The van der Waals surface area contributed by atoms with Crippen LogP contribution in [0.2, 0.25) is 0 Å². The van der Waals surface area contributed by atoms with Gasteiger partial charge in [-0.15, -0.1) is 0 Å². The van der Waals surface area contributed by atoms with Crippen molar-refractivity contribution in [3.8, 4) is 0 Å². The van der Waals surface area contributed by atoms with Crippen LogP contribution in [0.15, 0.2) is 0 Å². The third-order valence-corrected chi connectivity index (χ3v) is 25.2. The summed E-state index contributed by atoms with van der Waals surface area (Å²) in [5.41, 5.74) is 0. The molecule has 0 aromatic heterocycles. The molecule has 55 atom stereocenters. The van der Waals surface area contributed by atoms with Crippen molar-refractivity contribution >= 4 is 40.0 Å². The largest absolute Gasteiger partial charge is 0.479 e. The first-order valence-electron chi connectivity index (χ1n) is 43.2. The van der Waals surface area contributed by atoms with E-state index >= 15 is 0 Å². The summed E-state index contributed by atoms with van der Waals surface area (Å²) in [4.78, 5) is 64.8. The number of carbonyl (C=O) groups is 5. The van der Waals surface area contributed by atoms with Gasteiger partial charge < -0.3 is 269 Å². The van der Waals surface area contributed by atoms with Crippen LogP contribution in [0.4, 0.5) is 0 Å². The number of amides is 4. The Bertz CT molecular complexity index is 4010. The molecule has 0 saturated carbocycles. The molecule has 0 bridgehead atoms. The normalized spacial score (nSPS) is 48.8. The third-order valence-electron chi connectivity index (χ3n) is 24.7. The van der Waals surface area contributed by atoms with Crippen molar-refractivity contribution in [1.29, 1.82) is 0 Å². The van der Waals surface area contributed by atoms with Gasteiger partial charge in [0.2, 0.25) is 23.6 Å². The Morgan fingerprint density at radius 3 is 1.01 bits per heavy atom. The Kier molecular flexibility index (Phi) is 40.1. The van der Waals surface area contributed by atoms with Crippen molar-refractivity contribution in [3.63, 3.8) is 0 Å². The zero-order valence-corrected chi connectivity index (χ0v) is 74.1. The van der Waals surface area contributed by atoms with Crippen molar-refractivity contribution in [2.45, 2.75) is 372 Å². The molecule has 0 spiro atoms. The minimum absolute atomic E-state index is 0.815. The van der Waals surface area contributed by atoms with Gasteiger partial charge in [-0.1, -0.05) is 0 Å². The highest BCUT2D eigenvalue weighted by molar-refractivity contribution is 7.80. The maximum atomic E-state index is 13.5. The van der Waals surface area contributed by atoms with Gasteiger partial charge in [0.15, 0.2) is 75.3 Å². The highest BCUT2D eigenvalue weighted by atomic mass is 32.3. The number of carboxylic acids is 1. The molecule has 4 amide bonds. The first-order valence-corrected chi connectivity index (χ1v) is 44.5. The fourth-order valence-corrected chi connectivity index (χ4v) is 18.0. The molecular weight excluding hydrogens is 1920 g/mol. The highest BCUT2D eigenvalue weighted by Crippen LogP contribution is 2.43. The Labute approximate surface area is 779 Å². The zero-order valence-electron chi connectivity index (χ0n) is 73.3. The van der Waals surface area contributed by atoms with E-state index in [0.717, 1.165) is 27.7 Å².